The van der Waals surface area contributed by atoms with Gasteiger partial charge in [-0.25, -0.2) is 4.79 Å². The van der Waals surface area contributed by atoms with Crippen LogP contribution < -0.4 is 0 Å². The number of carbonyl (C=O) groups excluding carboxylic acids is 1. The molecule has 0 unspecified atom stereocenters. The first-order valence-corrected chi connectivity index (χ1v) is 8.24. The van der Waals surface area contributed by atoms with Crippen molar-refractivity contribution in [3.8, 4) is 6.07 Å². The van der Waals surface area contributed by atoms with Gasteiger partial charge in [0.15, 0.2) is 5.57 Å². The number of hydrogen-bond donors (Lipinski definition) is 0. The number of thioether (sulfide) groups is 2. The van der Waals surface area contributed by atoms with E-state index >= 15 is 0 Å². The van der Waals surface area contributed by atoms with Gasteiger partial charge in [-0.05, 0) is 37.4 Å². The summed E-state index contributed by atoms with van der Waals surface area (Å²) < 4.78 is 6.51. The minimum Gasteiger partial charge on any atom is -0.462 e. The maximum absolute atomic E-state index is 11.7. The Balaban J connectivity index is 3.00. The van der Waals surface area contributed by atoms with Gasteiger partial charge in [0, 0.05) is 9.37 Å². The molecule has 1 aromatic carbocycles. The van der Waals surface area contributed by atoms with Crippen molar-refractivity contribution in [2.45, 2.75) is 11.8 Å². The largest absolute Gasteiger partial charge is 0.462 e. The van der Waals surface area contributed by atoms with Crippen LogP contribution in [0.4, 0.5) is 0 Å². The molecule has 3 nitrogen and oxygen atoms in total. The first kappa shape index (κ1) is 16.2. The van der Waals surface area contributed by atoms with E-state index in [0.717, 1.165) is 9.37 Å². The zero-order valence-electron chi connectivity index (χ0n) is 10.5. The monoisotopic (exact) mass is 357 g/mol. The Kier molecular flexibility index (Phi) is 7.06. The van der Waals surface area contributed by atoms with Crippen LogP contribution in [0.3, 0.4) is 0 Å². The van der Waals surface area contributed by atoms with E-state index in [-0.39, 0.29) is 12.2 Å². The van der Waals surface area contributed by atoms with Gasteiger partial charge in [0.25, 0.3) is 0 Å². The molecular weight excluding hydrogens is 346 g/mol. The fourth-order valence-electron chi connectivity index (χ4n) is 1.18. The summed E-state index contributed by atoms with van der Waals surface area (Å²) in [5.41, 5.74) is 0.0577. The summed E-state index contributed by atoms with van der Waals surface area (Å²) in [7, 11) is 0. The highest BCUT2D eigenvalue weighted by Gasteiger charge is 2.17. The molecule has 0 aliphatic rings. The summed E-state index contributed by atoms with van der Waals surface area (Å²) in [6.45, 7) is 1.97. The third-order valence-electron chi connectivity index (χ3n) is 2.01. The van der Waals surface area contributed by atoms with Gasteiger partial charge in [-0.3, -0.25) is 0 Å². The van der Waals surface area contributed by atoms with Crippen molar-refractivity contribution in [3.63, 3.8) is 0 Å². The number of carbonyl (C=O) groups is 1. The topological polar surface area (TPSA) is 50.1 Å². The highest BCUT2D eigenvalue weighted by atomic mass is 79.9. The van der Waals surface area contributed by atoms with Crippen molar-refractivity contribution in [1.29, 1.82) is 5.26 Å². The lowest BCUT2D eigenvalue weighted by Gasteiger charge is -2.07. The number of hydrogen-bond acceptors (Lipinski definition) is 5. The van der Waals surface area contributed by atoms with Crippen LogP contribution in [0, 0.1) is 11.3 Å². The Hall–Kier alpha value is -0.900. The van der Waals surface area contributed by atoms with Crippen LogP contribution >= 0.6 is 39.5 Å². The van der Waals surface area contributed by atoms with Gasteiger partial charge in [0.2, 0.25) is 0 Å². The molecule has 0 saturated carbocycles. The first-order valence-electron chi connectivity index (χ1n) is 5.41. The van der Waals surface area contributed by atoms with Crippen LogP contribution in [-0.2, 0) is 9.53 Å². The standard InChI is InChI=1S/C13H12BrNO2S2/c1-3-17-12(16)11(8-15)13(18-2)19-10-6-4-9(14)5-7-10/h4-7H,3H2,1-2H3. The second kappa shape index (κ2) is 8.31. The zero-order chi connectivity index (χ0) is 14.3. The minimum absolute atomic E-state index is 0.0577. The Morgan fingerprint density at radius 3 is 2.53 bits per heavy atom. The van der Waals surface area contributed by atoms with E-state index in [1.165, 1.54) is 23.5 Å². The molecule has 100 valence electrons. The Labute approximate surface area is 129 Å². The quantitative estimate of drug-likeness (QED) is 0.342. The molecule has 0 radical (unpaired) electrons. The molecule has 6 heteroatoms. The average Bonchev–Trinajstić information content (AvgIpc) is 2.41. The molecule has 0 aliphatic heterocycles. The molecule has 0 N–H and O–H groups in total. The van der Waals surface area contributed by atoms with E-state index < -0.39 is 5.97 Å². The van der Waals surface area contributed by atoms with Crippen molar-refractivity contribution in [1.82, 2.24) is 0 Å². The van der Waals surface area contributed by atoms with Crippen molar-refractivity contribution >= 4 is 45.4 Å². The molecular formula is C13H12BrNO2S2. The van der Waals surface area contributed by atoms with E-state index in [9.17, 15) is 4.79 Å². The van der Waals surface area contributed by atoms with Crippen molar-refractivity contribution in [3.05, 3.63) is 38.5 Å². The molecule has 0 amide bonds. The maximum atomic E-state index is 11.7. The summed E-state index contributed by atoms with van der Waals surface area (Å²) in [6, 6.07) is 9.59. The van der Waals surface area contributed by atoms with Gasteiger partial charge >= 0.3 is 5.97 Å². The van der Waals surface area contributed by atoms with Crippen LogP contribution in [0.25, 0.3) is 0 Å². The third-order valence-corrected chi connectivity index (χ3v) is 4.76. The highest BCUT2D eigenvalue weighted by Crippen LogP contribution is 2.36. The number of benzene rings is 1. The predicted molar refractivity (Wildman–Crippen MR) is 82.8 cm³/mol. The van der Waals surface area contributed by atoms with E-state index in [0.29, 0.717) is 4.24 Å². The SMILES string of the molecule is CCOC(=O)C(C#N)=C(SC)Sc1ccc(Br)cc1. The zero-order valence-corrected chi connectivity index (χ0v) is 13.7. The first-order chi connectivity index (χ1) is 9.12. The molecule has 0 aliphatic carbocycles. The van der Waals surface area contributed by atoms with Gasteiger partial charge in [-0.1, -0.05) is 27.7 Å². The van der Waals surface area contributed by atoms with Gasteiger partial charge < -0.3 is 4.74 Å². The molecule has 1 rings (SSSR count). The van der Waals surface area contributed by atoms with Gasteiger partial charge in [-0.2, -0.15) is 5.26 Å². The molecule has 0 spiro atoms. The van der Waals surface area contributed by atoms with Gasteiger partial charge in [0.1, 0.15) is 6.07 Å². The Morgan fingerprint density at radius 2 is 2.05 bits per heavy atom. The van der Waals surface area contributed by atoms with Gasteiger partial charge in [0.05, 0.1) is 10.8 Å². The van der Waals surface area contributed by atoms with Crippen molar-refractivity contribution < 1.29 is 9.53 Å². The maximum Gasteiger partial charge on any atom is 0.350 e. The van der Waals surface area contributed by atoms with Gasteiger partial charge in [-0.15, -0.1) is 11.8 Å². The Morgan fingerprint density at radius 1 is 1.42 bits per heavy atom. The number of ether oxygens (including phenoxy) is 1. The smallest absolute Gasteiger partial charge is 0.350 e. The number of esters is 1. The van der Waals surface area contributed by atoms with E-state index in [1.54, 1.807) is 6.92 Å². The van der Waals surface area contributed by atoms with E-state index in [4.69, 9.17) is 10.00 Å². The number of nitrogens with zero attached hydrogens (tertiary/aromatic N) is 1. The number of halogens is 1. The highest BCUT2D eigenvalue weighted by molar-refractivity contribution is 9.10. The summed E-state index contributed by atoms with van der Waals surface area (Å²) >= 11 is 6.11. The molecule has 0 atom stereocenters. The van der Waals surface area contributed by atoms with Crippen molar-refractivity contribution in [2.75, 3.05) is 12.9 Å². The molecule has 19 heavy (non-hydrogen) atoms. The van der Waals surface area contributed by atoms with Crippen LogP contribution in [-0.4, -0.2) is 18.8 Å². The fraction of sp³-hybridized carbons (Fsp3) is 0.231. The number of nitriles is 1. The Bertz CT molecular complexity index is 520. The van der Waals surface area contributed by atoms with Crippen LogP contribution in [0.1, 0.15) is 6.92 Å². The van der Waals surface area contributed by atoms with Crippen molar-refractivity contribution in [2.24, 2.45) is 0 Å². The minimum atomic E-state index is -0.570. The van der Waals surface area contributed by atoms with Crippen LogP contribution in [0.15, 0.2) is 43.4 Å². The van der Waals surface area contributed by atoms with E-state index in [2.05, 4.69) is 15.9 Å². The summed E-state index contributed by atoms with van der Waals surface area (Å²) in [5.74, 6) is -0.570. The molecule has 0 bridgehead atoms. The lowest BCUT2D eigenvalue weighted by atomic mass is 10.3. The van der Waals surface area contributed by atoms with Crippen LogP contribution in [0.5, 0.6) is 0 Å². The molecule has 0 saturated heterocycles. The molecule has 0 fully saturated rings. The lowest BCUT2D eigenvalue weighted by Crippen LogP contribution is -2.07. The second-order valence-electron chi connectivity index (χ2n) is 3.25. The average molecular weight is 358 g/mol. The number of rotatable bonds is 5. The summed E-state index contributed by atoms with van der Waals surface area (Å²) in [4.78, 5) is 12.6. The molecule has 0 aromatic heterocycles. The van der Waals surface area contributed by atoms with Crippen LogP contribution in [0.2, 0.25) is 0 Å². The summed E-state index contributed by atoms with van der Waals surface area (Å²) in [5, 5.41) is 9.10. The fourth-order valence-corrected chi connectivity index (χ4v) is 3.12. The lowest BCUT2D eigenvalue weighted by molar-refractivity contribution is -0.138. The molecule has 1 aromatic rings. The molecule has 0 heterocycles. The second-order valence-corrected chi connectivity index (χ2v) is 6.33. The van der Waals surface area contributed by atoms with E-state index in [1.807, 2.05) is 36.6 Å². The predicted octanol–water partition coefficient (Wildman–Crippen LogP) is 4.20. The summed E-state index contributed by atoms with van der Waals surface area (Å²) in [6.07, 6.45) is 1.83. The normalized spacial score (nSPS) is 11.5. The third kappa shape index (κ3) is 4.94.